The van der Waals surface area contributed by atoms with E-state index >= 15 is 0 Å². The summed E-state index contributed by atoms with van der Waals surface area (Å²) < 4.78 is 2.69. The van der Waals surface area contributed by atoms with Crippen LogP contribution in [0, 0.1) is 6.92 Å². The van der Waals surface area contributed by atoms with Crippen molar-refractivity contribution in [1.82, 2.24) is 4.98 Å². The molecule has 0 amide bonds. The first-order chi connectivity index (χ1) is 12.8. The fourth-order valence-corrected chi connectivity index (χ4v) is 4.83. The molecule has 0 aliphatic rings. The van der Waals surface area contributed by atoms with E-state index in [1.54, 1.807) is 0 Å². The fourth-order valence-electron chi connectivity index (χ4n) is 3.60. The summed E-state index contributed by atoms with van der Waals surface area (Å²) in [7, 11) is 0. The van der Waals surface area contributed by atoms with Gasteiger partial charge in [0, 0.05) is 31.9 Å². The van der Waals surface area contributed by atoms with Gasteiger partial charge in [-0.15, -0.1) is 11.3 Å². The Hall–Kier alpha value is -2.97. The summed E-state index contributed by atoms with van der Waals surface area (Å²) in [4.78, 5) is 4.58. The summed E-state index contributed by atoms with van der Waals surface area (Å²) >= 11 is 1.87. The lowest BCUT2D eigenvalue weighted by Gasteiger charge is -2.08. The van der Waals surface area contributed by atoms with Gasteiger partial charge >= 0.3 is 0 Å². The predicted octanol–water partition coefficient (Wildman–Crippen LogP) is 7.09. The van der Waals surface area contributed by atoms with Crippen molar-refractivity contribution in [3.63, 3.8) is 0 Å². The van der Waals surface area contributed by atoms with Gasteiger partial charge < -0.3 is 0 Å². The molecule has 124 valence electrons. The zero-order valence-corrected chi connectivity index (χ0v) is 15.3. The van der Waals surface area contributed by atoms with Crippen LogP contribution in [-0.2, 0) is 0 Å². The molecule has 26 heavy (non-hydrogen) atoms. The van der Waals surface area contributed by atoms with E-state index in [1.807, 2.05) is 23.6 Å². The van der Waals surface area contributed by atoms with Crippen molar-refractivity contribution in [3.05, 3.63) is 90.6 Å². The lowest BCUT2D eigenvalue weighted by Crippen LogP contribution is -1.88. The molecule has 0 atom stereocenters. The number of fused-ring (bicyclic) bond motifs is 3. The lowest BCUT2D eigenvalue weighted by molar-refractivity contribution is 1.27. The van der Waals surface area contributed by atoms with E-state index < -0.39 is 0 Å². The first kappa shape index (κ1) is 15.3. The van der Waals surface area contributed by atoms with Crippen molar-refractivity contribution in [2.45, 2.75) is 6.92 Å². The number of thiophene rings is 1. The Kier molecular flexibility index (Phi) is 3.58. The molecule has 0 saturated carbocycles. The van der Waals surface area contributed by atoms with Crippen LogP contribution in [0.4, 0.5) is 0 Å². The molecular formula is C24H17NS. The van der Waals surface area contributed by atoms with E-state index in [2.05, 4.69) is 84.7 Å². The van der Waals surface area contributed by atoms with Crippen LogP contribution in [-0.4, -0.2) is 4.98 Å². The number of nitrogens with zero attached hydrogens (tertiary/aromatic N) is 1. The molecule has 0 fully saturated rings. The Morgan fingerprint density at radius 3 is 2.46 bits per heavy atom. The molecule has 1 nitrogen and oxygen atoms in total. The third-order valence-electron chi connectivity index (χ3n) is 4.86. The van der Waals surface area contributed by atoms with Crippen LogP contribution < -0.4 is 0 Å². The van der Waals surface area contributed by atoms with Crippen LogP contribution in [0.1, 0.15) is 5.56 Å². The minimum absolute atomic E-state index is 1.05. The molecule has 0 aliphatic carbocycles. The summed E-state index contributed by atoms with van der Waals surface area (Å²) in [6.07, 6.45) is 1.86. The molecule has 0 unspecified atom stereocenters. The number of hydrogen-bond acceptors (Lipinski definition) is 2. The zero-order chi connectivity index (χ0) is 17.5. The van der Waals surface area contributed by atoms with E-state index in [0.29, 0.717) is 0 Å². The number of rotatable bonds is 2. The average Bonchev–Trinajstić information content (AvgIpc) is 3.07. The second-order valence-electron chi connectivity index (χ2n) is 6.53. The molecule has 2 heteroatoms. The van der Waals surface area contributed by atoms with Crippen molar-refractivity contribution in [1.29, 1.82) is 0 Å². The SMILES string of the molecule is Cc1cccnc1-c1cccc(-c2cccc3c2sc2ccccc23)c1. The fraction of sp³-hybridized carbons (Fsp3) is 0.0417. The topological polar surface area (TPSA) is 12.9 Å². The monoisotopic (exact) mass is 351 g/mol. The second-order valence-corrected chi connectivity index (χ2v) is 7.58. The summed E-state index contributed by atoms with van der Waals surface area (Å²) in [5.41, 5.74) is 5.95. The molecule has 0 bridgehead atoms. The summed E-state index contributed by atoms with van der Waals surface area (Å²) in [5, 5.41) is 2.67. The Labute approximate surface area is 156 Å². The van der Waals surface area contributed by atoms with Gasteiger partial charge in [-0.3, -0.25) is 4.98 Å². The highest BCUT2D eigenvalue weighted by Crippen LogP contribution is 2.40. The summed E-state index contributed by atoms with van der Waals surface area (Å²) in [6, 6.07) is 28.1. The number of hydrogen-bond donors (Lipinski definition) is 0. The molecule has 0 radical (unpaired) electrons. The minimum Gasteiger partial charge on any atom is -0.256 e. The van der Waals surface area contributed by atoms with Crippen LogP contribution in [0.25, 0.3) is 42.6 Å². The van der Waals surface area contributed by atoms with Gasteiger partial charge in [-0.2, -0.15) is 0 Å². The third-order valence-corrected chi connectivity index (χ3v) is 6.08. The maximum absolute atomic E-state index is 4.58. The van der Waals surface area contributed by atoms with Crippen molar-refractivity contribution in [2.75, 3.05) is 0 Å². The molecule has 2 heterocycles. The van der Waals surface area contributed by atoms with Gasteiger partial charge in [-0.05, 0) is 41.8 Å². The first-order valence-electron chi connectivity index (χ1n) is 8.74. The minimum atomic E-state index is 1.05. The number of benzene rings is 3. The predicted molar refractivity (Wildman–Crippen MR) is 113 cm³/mol. The van der Waals surface area contributed by atoms with Crippen LogP contribution in [0.5, 0.6) is 0 Å². The van der Waals surface area contributed by atoms with Crippen LogP contribution in [0.3, 0.4) is 0 Å². The molecule has 0 aliphatic heterocycles. The number of aromatic nitrogens is 1. The highest BCUT2D eigenvalue weighted by atomic mass is 32.1. The molecule has 5 aromatic rings. The van der Waals surface area contributed by atoms with Crippen molar-refractivity contribution < 1.29 is 0 Å². The van der Waals surface area contributed by atoms with Gasteiger partial charge in [0.2, 0.25) is 0 Å². The van der Waals surface area contributed by atoms with Crippen LogP contribution >= 0.6 is 11.3 Å². The van der Waals surface area contributed by atoms with E-state index in [1.165, 1.54) is 42.4 Å². The quantitative estimate of drug-likeness (QED) is 0.331. The Balaban J connectivity index is 1.74. The van der Waals surface area contributed by atoms with Crippen molar-refractivity contribution in [3.8, 4) is 22.4 Å². The third kappa shape index (κ3) is 2.42. The maximum Gasteiger partial charge on any atom is 0.0731 e. The Bertz CT molecular complexity index is 1250. The van der Waals surface area contributed by atoms with Gasteiger partial charge in [0.1, 0.15) is 0 Å². The number of aryl methyl sites for hydroxylation is 1. The van der Waals surface area contributed by atoms with Crippen molar-refractivity contribution >= 4 is 31.5 Å². The van der Waals surface area contributed by atoms with Crippen LogP contribution in [0.2, 0.25) is 0 Å². The van der Waals surface area contributed by atoms with Gasteiger partial charge in [-0.25, -0.2) is 0 Å². The average molecular weight is 351 g/mol. The van der Waals surface area contributed by atoms with E-state index in [0.717, 1.165) is 5.69 Å². The highest BCUT2D eigenvalue weighted by molar-refractivity contribution is 7.26. The largest absolute Gasteiger partial charge is 0.256 e. The van der Waals surface area contributed by atoms with Crippen LogP contribution in [0.15, 0.2) is 85.1 Å². The summed E-state index contributed by atoms with van der Waals surface area (Å²) in [5.74, 6) is 0. The molecule has 5 rings (SSSR count). The summed E-state index contributed by atoms with van der Waals surface area (Å²) in [6.45, 7) is 2.11. The molecule has 3 aromatic carbocycles. The molecular weight excluding hydrogens is 334 g/mol. The lowest BCUT2D eigenvalue weighted by atomic mass is 9.98. The van der Waals surface area contributed by atoms with E-state index in [9.17, 15) is 0 Å². The van der Waals surface area contributed by atoms with E-state index in [4.69, 9.17) is 0 Å². The van der Waals surface area contributed by atoms with Crippen molar-refractivity contribution in [2.24, 2.45) is 0 Å². The Morgan fingerprint density at radius 2 is 1.54 bits per heavy atom. The molecule has 0 saturated heterocycles. The van der Waals surface area contributed by atoms with Gasteiger partial charge in [0.25, 0.3) is 0 Å². The first-order valence-corrected chi connectivity index (χ1v) is 9.55. The second kappa shape index (κ2) is 6.08. The maximum atomic E-state index is 4.58. The smallest absolute Gasteiger partial charge is 0.0731 e. The normalized spacial score (nSPS) is 11.3. The Morgan fingerprint density at radius 1 is 0.731 bits per heavy atom. The molecule has 2 aromatic heterocycles. The van der Waals surface area contributed by atoms with Gasteiger partial charge in [0.05, 0.1) is 5.69 Å². The standard InChI is InChI=1S/C24H17NS/c1-16-7-6-14-25-23(16)18-9-4-8-17(15-18)19-11-5-12-21-20-10-2-3-13-22(20)26-24(19)21/h2-15H,1H3. The zero-order valence-electron chi connectivity index (χ0n) is 14.4. The van der Waals surface area contributed by atoms with Gasteiger partial charge in [0.15, 0.2) is 0 Å². The molecule has 0 spiro atoms. The highest BCUT2D eigenvalue weighted by Gasteiger charge is 2.11. The van der Waals surface area contributed by atoms with Gasteiger partial charge in [-0.1, -0.05) is 60.7 Å². The number of pyridine rings is 1. The van der Waals surface area contributed by atoms with E-state index in [-0.39, 0.29) is 0 Å². The molecule has 0 N–H and O–H groups in total.